The first-order chi connectivity index (χ1) is 21.2. The third-order valence-electron chi connectivity index (χ3n) is 8.78. The fraction of sp³-hybridized carbons (Fsp3) is 0.324. The van der Waals surface area contributed by atoms with E-state index in [0.717, 1.165) is 35.0 Å². The number of para-hydroxylation sites is 1. The van der Waals surface area contributed by atoms with Crippen LogP contribution in [0.4, 0.5) is 18.9 Å². The van der Waals surface area contributed by atoms with Crippen molar-refractivity contribution in [2.45, 2.75) is 50.7 Å². The van der Waals surface area contributed by atoms with Gasteiger partial charge in [0.1, 0.15) is 24.0 Å². The SMILES string of the molecule is O=C(O)C1CCCCC1c1nc2cc(OCc3ccc4ccccc4n3)ccc2n1Cc1ccc(N2CC(F)(F)C2)cc1F. The predicted molar refractivity (Wildman–Crippen MR) is 161 cm³/mol. The number of rotatable bonds is 8. The van der Waals surface area contributed by atoms with Crippen molar-refractivity contribution in [2.24, 2.45) is 5.92 Å². The Morgan fingerprint density at radius 3 is 2.57 bits per heavy atom. The second-order valence-corrected chi connectivity index (χ2v) is 11.8. The molecule has 1 saturated heterocycles. The van der Waals surface area contributed by atoms with E-state index < -0.39 is 36.7 Å². The van der Waals surface area contributed by atoms with Crippen LogP contribution in [0, 0.1) is 11.7 Å². The van der Waals surface area contributed by atoms with Gasteiger partial charge in [0.25, 0.3) is 5.92 Å². The van der Waals surface area contributed by atoms with Crippen molar-refractivity contribution in [3.05, 3.63) is 95.7 Å². The number of nitrogens with zero attached hydrogens (tertiary/aromatic N) is 4. The van der Waals surface area contributed by atoms with Crippen LogP contribution in [0.15, 0.2) is 72.8 Å². The molecule has 7 rings (SSSR count). The van der Waals surface area contributed by atoms with Crippen LogP contribution in [0.5, 0.6) is 5.75 Å². The molecule has 1 saturated carbocycles. The van der Waals surface area contributed by atoms with Crippen LogP contribution in [-0.2, 0) is 17.9 Å². The van der Waals surface area contributed by atoms with Crippen molar-refractivity contribution >= 4 is 33.6 Å². The Hall–Kier alpha value is -4.60. The maximum atomic E-state index is 15.4. The van der Waals surface area contributed by atoms with Gasteiger partial charge in [-0.15, -0.1) is 0 Å². The lowest BCUT2D eigenvalue weighted by Gasteiger charge is -2.40. The molecule has 44 heavy (non-hydrogen) atoms. The molecule has 226 valence electrons. The second kappa shape index (κ2) is 11.2. The topological polar surface area (TPSA) is 80.5 Å². The summed E-state index contributed by atoms with van der Waals surface area (Å²) in [5.41, 5.74) is 3.80. The minimum absolute atomic E-state index is 0.123. The number of pyridine rings is 1. The van der Waals surface area contributed by atoms with Gasteiger partial charge in [0.05, 0.1) is 47.8 Å². The number of aromatic nitrogens is 3. The van der Waals surface area contributed by atoms with Gasteiger partial charge in [0, 0.05) is 28.6 Å². The summed E-state index contributed by atoms with van der Waals surface area (Å²) in [7, 11) is 0. The fourth-order valence-electron chi connectivity index (χ4n) is 6.47. The summed E-state index contributed by atoms with van der Waals surface area (Å²) in [4.78, 5) is 23.3. The number of imidazole rings is 1. The molecule has 0 amide bonds. The van der Waals surface area contributed by atoms with Crippen molar-refractivity contribution in [2.75, 3.05) is 18.0 Å². The first-order valence-electron chi connectivity index (χ1n) is 14.9. The maximum absolute atomic E-state index is 15.4. The van der Waals surface area contributed by atoms with Gasteiger partial charge >= 0.3 is 5.97 Å². The molecular formula is C34H31F3N4O3. The predicted octanol–water partition coefficient (Wildman–Crippen LogP) is 7.16. The molecule has 3 heterocycles. The van der Waals surface area contributed by atoms with E-state index >= 15 is 4.39 Å². The number of halogens is 3. The first kappa shape index (κ1) is 28.2. The summed E-state index contributed by atoms with van der Waals surface area (Å²) in [6.45, 7) is -0.477. The number of carbonyl (C=O) groups is 1. The fourth-order valence-corrected chi connectivity index (χ4v) is 6.47. The lowest BCUT2D eigenvalue weighted by molar-refractivity contribution is -0.143. The van der Waals surface area contributed by atoms with Crippen LogP contribution < -0.4 is 9.64 Å². The molecule has 1 N–H and O–H groups in total. The monoisotopic (exact) mass is 600 g/mol. The Morgan fingerprint density at radius 1 is 0.955 bits per heavy atom. The van der Waals surface area contributed by atoms with Gasteiger partial charge in [-0.25, -0.2) is 23.1 Å². The van der Waals surface area contributed by atoms with Crippen LogP contribution in [-0.4, -0.2) is 44.6 Å². The van der Waals surface area contributed by atoms with E-state index in [1.807, 2.05) is 59.2 Å². The number of carboxylic acid groups (broad SMARTS) is 1. The van der Waals surface area contributed by atoms with E-state index in [-0.39, 0.29) is 19.1 Å². The van der Waals surface area contributed by atoms with E-state index in [9.17, 15) is 18.7 Å². The van der Waals surface area contributed by atoms with Crippen molar-refractivity contribution in [1.82, 2.24) is 14.5 Å². The summed E-state index contributed by atoms with van der Waals surface area (Å²) in [6, 6.07) is 21.9. The highest BCUT2D eigenvalue weighted by Gasteiger charge is 2.44. The third-order valence-corrected chi connectivity index (χ3v) is 8.78. The standard InChI is InChI=1S/C34H31F3N4O3/c35-28-15-24(40-19-34(36,37)20-40)12-10-22(28)17-41-31-14-13-25(44-18-23-11-9-21-5-1-4-8-29(21)38-23)16-30(31)39-32(41)26-6-2-3-7-27(26)33(42)43/h1,4-5,8-16,26-27H,2-3,6-7,17-20H2,(H,42,43). The molecule has 1 aliphatic heterocycles. The van der Waals surface area contributed by atoms with Gasteiger partial charge in [-0.2, -0.15) is 0 Å². The average molecular weight is 601 g/mol. The zero-order chi connectivity index (χ0) is 30.4. The van der Waals surface area contributed by atoms with E-state index in [0.29, 0.717) is 41.2 Å². The van der Waals surface area contributed by atoms with Crippen LogP contribution in [0.3, 0.4) is 0 Å². The van der Waals surface area contributed by atoms with Crippen LogP contribution >= 0.6 is 0 Å². The number of hydrogen-bond donors (Lipinski definition) is 1. The molecule has 3 aromatic carbocycles. The smallest absolute Gasteiger partial charge is 0.307 e. The molecule has 0 radical (unpaired) electrons. The average Bonchev–Trinajstić information content (AvgIpc) is 3.36. The van der Waals surface area contributed by atoms with Crippen LogP contribution in [0.2, 0.25) is 0 Å². The first-order valence-corrected chi connectivity index (χ1v) is 14.9. The highest BCUT2D eigenvalue weighted by Crippen LogP contribution is 2.40. The van der Waals surface area contributed by atoms with Crippen LogP contribution in [0.25, 0.3) is 21.9 Å². The number of ether oxygens (including phenoxy) is 1. The second-order valence-electron chi connectivity index (χ2n) is 11.8. The van der Waals surface area contributed by atoms with E-state index in [1.165, 1.54) is 11.0 Å². The highest BCUT2D eigenvalue weighted by molar-refractivity contribution is 5.79. The molecule has 2 aliphatic rings. The Balaban J connectivity index is 1.20. The normalized spacial score (nSPS) is 19.7. The number of anilines is 1. The van der Waals surface area contributed by atoms with E-state index in [4.69, 9.17) is 9.72 Å². The summed E-state index contributed by atoms with van der Waals surface area (Å²) < 4.78 is 50.1. The van der Waals surface area contributed by atoms with Crippen molar-refractivity contribution in [3.63, 3.8) is 0 Å². The summed E-state index contributed by atoms with van der Waals surface area (Å²) in [6.07, 6.45) is 2.94. The molecule has 7 nitrogen and oxygen atoms in total. The highest BCUT2D eigenvalue weighted by atomic mass is 19.3. The quantitative estimate of drug-likeness (QED) is 0.204. The summed E-state index contributed by atoms with van der Waals surface area (Å²) in [5, 5.41) is 11.1. The van der Waals surface area contributed by atoms with Crippen molar-refractivity contribution < 1.29 is 27.8 Å². The Kier molecular flexibility index (Phi) is 7.14. The summed E-state index contributed by atoms with van der Waals surface area (Å²) >= 11 is 0. The Labute approximate surface area is 251 Å². The minimum Gasteiger partial charge on any atom is -0.487 e. The van der Waals surface area contributed by atoms with Crippen LogP contribution in [0.1, 0.15) is 48.7 Å². The number of carboxylic acids is 1. The lowest BCUT2D eigenvalue weighted by atomic mass is 9.78. The lowest BCUT2D eigenvalue weighted by Crippen LogP contribution is -2.56. The third kappa shape index (κ3) is 5.44. The molecule has 5 aromatic rings. The minimum atomic E-state index is -2.75. The molecular weight excluding hydrogens is 569 g/mol. The van der Waals surface area contributed by atoms with E-state index in [1.54, 1.807) is 12.1 Å². The number of hydrogen-bond acceptors (Lipinski definition) is 5. The molecule has 2 fully saturated rings. The van der Waals surface area contributed by atoms with Gasteiger partial charge in [-0.3, -0.25) is 4.79 Å². The van der Waals surface area contributed by atoms with E-state index in [2.05, 4.69) is 4.98 Å². The number of benzene rings is 3. The molecule has 0 spiro atoms. The number of aliphatic carboxylic acids is 1. The zero-order valence-corrected chi connectivity index (χ0v) is 23.9. The van der Waals surface area contributed by atoms with Gasteiger partial charge in [0.2, 0.25) is 0 Å². The molecule has 0 bridgehead atoms. The summed E-state index contributed by atoms with van der Waals surface area (Å²) in [5.74, 6) is -3.85. The largest absolute Gasteiger partial charge is 0.487 e. The van der Waals surface area contributed by atoms with Gasteiger partial charge in [0.15, 0.2) is 0 Å². The van der Waals surface area contributed by atoms with Gasteiger partial charge in [-0.05, 0) is 49.2 Å². The number of fused-ring (bicyclic) bond motifs is 2. The molecule has 1 aliphatic carbocycles. The van der Waals surface area contributed by atoms with Crippen molar-refractivity contribution in [3.8, 4) is 5.75 Å². The van der Waals surface area contributed by atoms with Crippen molar-refractivity contribution in [1.29, 1.82) is 0 Å². The zero-order valence-electron chi connectivity index (χ0n) is 23.9. The molecule has 2 atom stereocenters. The van der Waals surface area contributed by atoms with Gasteiger partial charge in [-0.1, -0.05) is 43.2 Å². The maximum Gasteiger partial charge on any atom is 0.307 e. The number of alkyl halides is 2. The Morgan fingerprint density at radius 2 is 1.77 bits per heavy atom. The molecule has 10 heteroatoms. The molecule has 2 unspecified atom stereocenters. The van der Waals surface area contributed by atoms with Gasteiger partial charge < -0.3 is 19.3 Å². The Bertz CT molecular complexity index is 1870. The molecule has 2 aromatic heterocycles.